The highest BCUT2D eigenvalue weighted by molar-refractivity contribution is 7.81. The number of thiol groups is 1. The molecule has 1 unspecified atom stereocenters. The van der Waals surface area contributed by atoms with Crippen molar-refractivity contribution in [3.63, 3.8) is 0 Å². The van der Waals surface area contributed by atoms with Gasteiger partial charge in [0.05, 0.1) is 24.8 Å². The van der Waals surface area contributed by atoms with Crippen LogP contribution in [-0.2, 0) is 4.79 Å². The minimum absolute atomic E-state index is 0.0797. The molecule has 25 heavy (non-hydrogen) atoms. The van der Waals surface area contributed by atoms with Gasteiger partial charge in [0, 0.05) is 24.4 Å². The van der Waals surface area contributed by atoms with Crippen LogP contribution in [0, 0.1) is 0 Å². The molecule has 1 atom stereocenters. The van der Waals surface area contributed by atoms with E-state index in [9.17, 15) is 13.6 Å². The molecule has 0 N–H and O–H groups in total. The second kappa shape index (κ2) is 9.72. The van der Waals surface area contributed by atoms with Crippen LogP contribution in [0.2, 0.25) is 5.15 Å². The molecule has 0 bridgehead atoms. The van der Waals surface area contributed by atoms with E-state index in [1.807, 2.05) is 0 Å². The van der Waals surface area contributed by atoms with Crippen molar-refractivity contribution < 1.29 is 13.6 Å². The SMILES string of the molecule is O=C(CC(S)CF)N(CCCCF)c1cn(-c2cccnc2)nc1Cl. The van der Waals surface area contributed by atoms with Gasteiger partial charge in [-0.15, -0.1) is 0 Å². The van der Waals surface area contributed by atoms with E-state index in [1.54, 1.807) is 30.7 Å². The van der Waals surface area contributed by atoms with Crippen LogP contribution in [0.5, 0.6) is 0 Å². The zero-order valence-electron chi connectivity index (χ0n) is 13.5. The Morgan fingerprint density at radius 2 is 2.20 bits per heavy atom. The zero-order valence-corrected chi connectivity index (χ0v) is 15.1. The summed E-state index contributed by atoms with van der Waals surface area (Å²) < 4.78 is 26.6. The fourth-order valence-corrected chi connectivity index (χ4v) is 2.65. The highest BCUT2D eigenvalue weighted by atomic mass is 35.5. The smallest absolute Gasteiger partial charge is 0.228 e. The normalized spacial score (nSPS) is 12.2. The molecule has 136 valence electrons. The Hall–Kier alpha value is -1.67. The molecule has 2 rings (SSSR count). The number of halogens is 3. The second-order valence-corrected chi connectivity index (χ2v) is 6.50. The van der Waals surface area contributed by atoms with Gasteiger partial charge in [0.1, 0.15) is 12.4 Å². The molecule has 0 saturated heterocycles. The Bertz CT molecular complexity index is 686. The molecule has 0 spiro atoms. The molecule has 0 aliphatic heterocycles. The first-order valence-electron chi connectivity index (χ1n) is 7.82. The summed E-state index contributed by atoms with van der Waals surface area (Å²) in [4.78, 5) is 17.9. The van der Waals surface area contributed by atoms with Crippen molar-refractivity contribution in [2.45, 2.75) is 24.5 Å². The summed E-state index contributed by atoms with van der Waals surface area (Å²) in [6, 6.07) is 3.55. The number of pyridine rings is 1. The van der Waals surface area contributed by atoms with Crippen LogP contribution in [0.15, 0.2) is 30.7 Å². The molecule has 1 amide bonds. The fourth-order valence-electron chi connectivity index (χ4n) is 2.26. The maximum Gasteiger partial charge on any atom is 0.228 e. The number of amides is 1. The van der Waals surface area contributed by atoms with Gasteiger partial charge in [-0.2, -0.15) is 17.7 Å². The number of unbranched alkanes of at least 4 members (excludes halogenated alkanes) is 1. The maximum absolute atomic E-state index is 12.7. The van der Waals surface area contributed by atoms with Crippen molar-refractivity contribution in [3.05, 3.63) is 35.9 Å². The molecule has 0 aliphatic carbocycles. The van der Waals surface area contributed by atoms with Crippen LogP contribution in [0.25, 0.3) is 5.69 Å². The van der Waals surface area contributed by atoms with Gasteiger partial charge in [0.25, 0.3) is 0 Å². The van der Waals surface area contributed by atoms with Gasteiger partial charge < -0.3 is 4.90 Å². The van der Waals surface area contributed by atoms with Crippen LogP contribution in [0.4, 0.5) is 14.5 Å². The van der Waals surface area contributed by atoms with Gasteiger partial charge in [-0.25, -0.2) is 9.07 Å². The number of nitrogens with zero attached hydrogens (tertiary/aromatic N) is 4. The van der Waals surface area contributed by atoms with E-state index in [-0.39, 0.29) is 24.0 Å². The van der Waals surface area contributed by atoms with Gasteiger partial charge in [-0.05, 0) is 25.0 Å². The predicted octanol–water partition coefficient (Wildman–Crippen LogP) is 3.66. The lowest BCUT2D eigenvalue weighted by Gasteiger charge is -2.22. The van der Waals surface area contributed by atoms with Crippen LogP contribution in [-0.4, -0.2) is 45.8 Å². The molecule has 2 heterocycles. The number of alkyl halides is 2. The first-order valence-corrected chi connectivity index (χ1v) is 8.72. The standard InChI is InChI=1S/C16H19ClF2N4OS/c17-16-14(11-23(21-16)12-4-3-6-20-10-12)22(7-2-1-5-18)15(24)8-13(25)9-19/h3-4,6,10-11,13,25H,1-2,5,7-9H2. The third kappa shape index (κ3) is 5.40. The first kappa shape index (κ1) is 19.7. The Balaban J connectivity index is 2.26. The van der Waals surface area contributed by atoms with E-state index in [1.165, 1.54) is 9.58 Å². The van der Waals surface area contributed by atoms with Crippen molar-refractivity contribution in [1.82, 2.24) is 14.8 Å². The van der Waals surface area contributed by atoms with Crippen molar-refractivity contribution in [2.24, 2.45) is 0 Å². The van der Waals surface area contributed by atoms with Gasteiger partial charge in [0.2, 0.25) is 5.91 Å². The fraction of sp³-hybridized carbons (Fsp3) is 0.438. The molecular weight excluding hydrogens is 370 g/mol. The van der Waals surface area contributed by atoms with E-state index in [4.69, 9.17) is 11.6 Å². The van der Waals surface area contributed by atoms with Crippen LogP contribution in [0.1, 0.15) is 19.3 Å². The Labute approximate surface area is 155 Å². The van der Waals surface area contributed by atoms with Crippen LogP contribution in [0.3, 0.4) is 0 Å². The molecule has 2 aromatic heterocycles. The predicted molar refractivity (Wildman–Crippen MR) is 97.3 cm³/mol. The number of carbonyl (C=O) groups is 1. The van der Waals surface area contributed by atoms with Crippen molar-refractivity contribution in [1.29, 1.82) is 0 Å². The quantitative estimate of drug-likeness (QED) is 0.527. The molecule has 0 fully saturated rings. The number of anilines is 1. The van der Waals surface area contributed by atoms with Gasteiger partial charge >= 0.3 is 0 Å². The van der Waals surface area contributed by atoms with E-state index in [0.717, 1.165) is 0 Å². The topological polar surface area (TPSA) is 51.0 Å². The van der Waals surface area contributed by atoms with Crippen LogP contribution < -0.4 is 4.90 Å². The number of carbonyl (C=O) groups excluding carboxylic acids is 1. The zero-order chi connectivity index (χ0) is 18.2. The number of hydrogen-bond donors (Lipinski definition) is 1. The number of rotatable bonds is 9. The third-order valence-electron chi connectivity index (χ3n) is 3.51. The molecule has 0 aliphatic rings. The van der Waals surface area contributed by atoms with Gasteiger partial charge in [-0.1, -0.05) is 11.6 Å². The molecular formula is C16H19ClF2N4OS. The molecule has 0 radical (unpaired) electrons. The van der Waals surface area contributed by atoms with Crippen molar-refractivity contribution in [3.8, 4) is 5.69 Å². The minimum atomic E-state index is -0.712. The summed E-state index contributed by atoms with van der Waals surface area (Å²) in [6.07, 6.45) is 5.55. The Morgan fingerprint density at radius 1 is 1.40 bits per heavy atom. The largest absolute Gasteiger partial charge is 0.308 e. The summed E-state index contributed by atoms with van der Waals surface area (Å²) >= 11 is 10.2. The summed E-state index contributed by atoms with van der Waals surface area (Å²) in [5.41, 5.74) is 1.08. The molecule has 2 aromatic rings. The Kier molecular flexibility index (Phi) is 7.64. The number of hydrogen-bond acceptors (Lipinski definition) is 4. The highest BCUT2D eigenvalue weighted by Gasteiger charge is 2.23. The van der Waals surface area contributed by atoms with Crippen LogP contribution >= 0.6 is 24.2 Å². The Morgan fingerprint density at radius 3 is 2.84 bits per heavy atom. The van der Waals surface area contributed by atoms with E-state index < -0.39 is 18.6 Å². The van der Waals surface area contributed by atoms with E-state index >= 15 is 0 Å². The third-order valence-corrected chi connectivity index (χ3v) is 4.10. The molecule has 9 heteroatoms. The van der Waals surface area contributed by atoms with Gasteiger partial charge in [0.15, 0.2) is 5.15 Å². The summed E-state index contributed by atoms with van der Waals surface area (Å²) in [6.45, 7) is -0.909. The average molecular weight is 389 g/mol. The van der Waals surface area contributed by atoms with E-state index in [0.29, 0.717) is 24.2 Å². The summed E-state index contributed by atoms with van der Waals surface area (Å²) in [5, 5.41) is 3.63. The summed E-state index contributed by atoms with van der Waals surface area (Å²) in [5.74, 6) is -0.329. The number of aromatic nitrogens is 3. The minimum Gasteiger partial charge on any atom is -0.308 e. The lowest BCUT2D eigenvalue weighted by molar-refractivity contribution is -0.118. The molecule has 0 saturated carbocycles. The monoisotopic (exact) mass is 388 g/mol. The van der Waals surface area contributed by atoms with Crippen molar-refractivity contribution in [2.75, 3.05) is 24.8 Å². The molecule has 0 aromatic carbocycles. The van der Waals surface area contributed by atoms with Crippen molar-refractivity contribution >= 4 is 35.8 Å². The average Bonchev–Trinajstić information content (AvgIpc) is 3.00. The first-order chi connectivity index (χ1) is 12.1. The lowest BCUT2D eigenvalue weighted by Crippen LogP contribution is -2.34. The maximum atomic E-state index is 12.7. The molecule has 5 nitrogen and oxygen atoms in total. The highest BCUT2D eigenvalue weighted by Crippen LogP contribution is 2.27. The van der Waals surface area contributed by atoms with Gasteiger partial charge in [-0.3, -0.25) is 14.2 Å². The lowest BCUT2D eigenvalue weighted by atomic mass is 10.2. The summed E-state index contributed by atoms with van der Waals surface area (Å²) in [7, 11) is 0. The second-order valence-electron chi connectivity index (χ2n) is 5.41. The van der Waals surface area contributed by atoms with E-state index in [2.05, 4.69) is 22.7 Å².